The predicted octanol–water partition coefficient (Wildman–Crippen LogP) is 2.52. The van der Waals surface area contributed by atoms with Crippen molar-refractivity contribution in [1.82, 2.24) is 15.1 Å². The molecule has 4 nitrogen and oxygen atoms in total. The van der Waals surface area contributed by atoms with E-state index >= 15 is 0 Å². The molecule has 19 heavy (non-hydrogen) atoms. The van der Waals surface area contributed by atoms with Crippen LogP contribution in [0.3, 0.4) is 0 Å². The van der Waals surface area contributed by atoms with Crippen LogP contribution in [0, 0.1) is 19.8 Å². The van der Waals surface area contributed by atoms with E-state index in [1.807, 2.05) is 25.6 Å². The van der Waals surface area contributed by atoms with Gasteiger partial charge in [-0.2, -0.15) is 5.10 Å². The Morgan fingerprint density at radius 3 is 2.37 bits per heavy atom. The summed E-state index contributed by atoms with van der Waals surface area (Å²) >= 11 is 0. The van der Waals surface area contributed by atoms with E-state index in [-0.39, 0.29) is 11.9 Å². The minimum Gasteiger partial charge on any atom is -0.353 e. The summed E-state index contributed by atoms with van der Waals surface area (Å²) in [6.45, 7) is 10.4. The Morgan fingerprint density at radius 1 is 1.26 bits per heavy atom. The lowest BCUT2D eigenvalue weighted by Crippen LogP contribution is -2.34. The average Bonchev–Trinajstić information content (AvgIpc) is 2.53. The van der Waals surface area contributed by atoms with Gasteiger partial charge in [-0.05, 0) is 39.5 Å². The van der Waals surface area contributed by atoms with E-state index < -0.39 is 0 Å². The summed E-state index contributed by atoms with van der Waals surface area (Å²) in [5.74, 6) is 0.776. The fourth-order valence-corrected chi connectivity index (χ4v) is 2.22. The molecular weight excluding hydrogens is 238 g/mol. The first-order valence-electron chi connectivity index (χ1n) is 7.09. The number of rotatable bonds is 6. The maximum atomic E-state index is 12.0. The Labute approximate surface area is 116 Å². The lowest BCUT2D eigenvalue weighted by Gasteiger charge is -2.15. The van der Waals surface area contributed by atoms with Gasteiger partial charge in [0, 0.05) is 24.3 Å². The molecule has 0 aliphatic carbocycles. The monoisotopic (exact) mass is 265 g/mol. The standard InChI is InChI=1S/C15H27N3O/c1-10(2)7-8-11(3)16-15(19)9-14-12(4)17-18(6)13(14)5/h10-11H,7-9H2,1-6H3,(H,16,19). The summed E-state index contributed by atoms with van der Waals surface area (Å²) in [6, 6.07) is 0.243. The molecule has 0 bridgehead atoms. The van der Waals surface area contributed by atoms with Crippen LogP contribution in [0.5, 0.6) is 0 Å². The summed E-state index contributed by atoms with van der Waals surface area (Å²) < 4.78 is 1.83. The first-order valence-corrected chi connectivity index (χ1v) is 7.09. The van der Waals surface area contributed by atoms with Crippen LogP contribution in [0.4, 0.5) is 0 Å². The van der Waals surface area contributed by atoms with Gasteiger partial charge in [-0.1, -0.05) is 13.8 Å². The molecule has 108 valence electrons. The third kappa shape index (κ3) is 4.69. The van der Waals surface area contributed by atoms with Gasteiger partial charge in [0.2, 0.25) is 5.91 Å². The Bertz CT molecular complexity index is 435. The average molecular weight is 265 g/mol. The minimum absolute atomic E-state index is 0.0930. The molecule has 1 rings (SSSR count). The van der Waals surface area contributed by atoms with E-state index in [0.29, 0.717) is 12.3 Å². The van der Waals surface area contributed by atoms with Gasteiger partial charge in [0.05, 0.1) is 12.1 Å². The van der Waals surface area contributed by atoms with Crippen LogP contribution in [0.25, 0.3) is 0 Å². The summed E-state index contributed by atoms with van der Waals surface area (Å²) in [5.41, 5.74) is 3.07. The second-order valence-corrected chi connectivity index (χ2v) is 5.89. The van der Waals surface area contributed by atoms with Gasteiger partial charge in [0.15, 0.2) is 0 Å². The van der Waals surface area contributed by atoms with E-state index in [4.69, 9.17) is 0 Å². The van der Waals surface area contributed by atoms with E-state index in [9.17, 15) is 4.79 Å². The molecular formula is C15H27N3O. The molecule has 0 aliphatic heterocycles. The van der Waals surface area contributed by atoms with Crippen molar-refractivity contribution >= 4 is 5.91 Å². The van der Waals surface area contributed by atoms with Crippen molar-refractivity contribution < 1.29 is 4.79 Å². The minimum atomic E-state index is 0.0930. The van der Waals surface area contributed by atoms with Crippen molar-refractivity contribution in [3.8, 4) is 0 Å². The molecule has 1 N–H and O–H groups in total. The van der Waals surface area contributed by atoms with Crippen LogP contribution >= 0.6 is 0 Å². The number of aromatic nitrogens is 2. The van der Waals surface area contributed by atoms with E-state index in [1.165, 1.54) is 0 Å². The quantitative estimate of drug-likeness (QED) is 0.859. The predicted molar refractivity (Wildman–Crippen MR) is 78.1 cm³/mol. The number of carbonyl (C=O) groups is 1. The Kier molecular flexibility index (Phi) is 5.58. The van der Waals surface area contributed by atoms with Crippen molar-refractivity contribution in [3.05, 3.63) is 17.0 Å². The van der Waals surface area contributed by atoms with Gasteiger partial charge in [0.1, 0.15) is 0 Å². The second kappa shape index (κ2) is 6.73. The molecule has 1 unspecified atom stereocenters. The molecule has 0 fully saturated rings. The molecule has 4 heteroatoms. The number of nitrogens with zero attached hydrogens (tertiary/aromatic N) is 2. The highest BCUT2D eigenvalue weighted by atomic mass is 16.1. The van der Waals surface area contributed by atoms with Crippen molar-refractivity contribution in [2.75, 3.05) is 0 Å². The highest BCUT2D eigenvalue weighted by molar-refractivity contribution is 5.79. The highest BCUT2D eigenvalue weighted by Gasteiger charge is 2.15. The van der Waals surface area contributed by atoms with Gasteiger partial charge in [-0.15, -0.1) is 0 Å². The van der Waals surface area contributed by atoms with Crippen LogP contribution in [0.1, 0.15) is 50.6 Å². The molecule has 1 amide bonds. The fraction of sp³-hybridized carbons (Fsp3) is 0.733. The first kappa shape index (κ1) is 15.7. The molecule has 1 aromatic rings. The molecule has 0 aromatic carbocycles. The van der Waals surface area contributed by atoms with Crippen LogP contribution in [0.2, 0.25) is 0 Å². The highest BCUT2D eigenvalue weighted by Crippen LogP contribution is 2.13. The molecule has 0 radical (unpaired) electrons. The summed E-state index contributed by atoms with van der Waals surface area (Å²) in [4.78, 5) is 12.0. The first-order chi connectivity index (χ1) is 8.81. The normalized spacial score (nSPS) is 12.8. The Balaban J connectivity index is 2.51. The van der Waals surface area contributed by atoms with Crippen molar-refractivity contribution in [1.29, 1.82) is 0 Å². The molecule has 0 saturated heterocycles. The summed E-state index contributed by atoms with van der Waals surface area (Å²) in [5, 5.41) is 7.41. The zero-order valence-electron chi connectivity index (χ0n) is 13.1. The van der Waals surface area contributed by atoms with Crippen molar-refractivity contribution in [2.45, 2.75) is 59.9 Å². The molecule has 0 saturated carbocycles. The molecule has 0 aliphatic rings. The third-order valence-electron chi connectivity index (χ3n) is 3.58. The van der Waals surface area contributed by atoms with E-state index in [1.54, 1.807) is 0 Å². The summed E-state index contributed by atoms with van der Waals surface area (Å²) in [7, 11) is 1.91. The molecule has 0 spiro atoms. The number of hydrogen-bond donors (Lipinski definition) is 1. The van der Waals surface area contributed by atoms with Gasteiger partial charge < -0.3 is 5.32 Å². The fourth-order valence-electron chi connectivity index (χ4n) is 2.22. The number of amides is 1. The summed E-state index contributed by atoms with van der Waals surface area (Å²) in [6.07, 6.45) is 2.61. The SMILES string of the molecule is Cc1nn(C)c(C)c1CC(=O)NC(C)CCC(C)C. The van der Waals surface area contributed by atoms with Gasteiger partial charge in [-0.25, -0.2) is 0 Å². The second-order valence-electron chi connectivity index (χ2n) is 5.89. The number of aryl methyl sites for hydroxylation is 2. The van der Waals surface area contributed by atoms with Crippen LogP contribution in [0.15, 0.2) is 0 Å². The Morgan fingerprint density at radius 2 is 1.89 bits per heavy atom. The maximum absolute atomic E-state index is 12.0. The Hall–Kier alpha value is -1.32. The van der Waals surface area contributed by atoms with E-state index in [0.717, 1.165) is 29.8 Å². The topological polar surface area (TPSA) is 46.9 Å². The van der Waals surface area contributed by atoms with Crippen LogP contribution in [-0.4, -0.2) is 21.7 Å². The molecule has 1 heterocycles. The third-order valence-corrected chi connectivity index (χ3v) is 3.58. The number of carbonyl (C=O) groups excluding carboxylic acids is 1. The van der Waals surface area contributed by atoms with Gasteiger partial charge in [0.25, 0.3) is 0 Å². The van der Waals surface area contributed by atoms with Crippen LogP contribution in [-0.2, 0) is 18.3 Å². The van der Waals surface area contributed by atoms with Gasteiger partial charge in [-0.3, -0.25) is 9.48 Å². The lowest BCUT2D eigenvalue weighted by atomic mass is 10.0. The van der Waals surface area contributed by atoms with Crippen molar-refractivity contribution in [2.24, 2.45) is 13.0 Å². The van der Waals surface area contributed by atoms with Gasteiger partial charge >= 0.3 is 0 Å². The van der Waals surface area contributed by atoms with E-state index in [2.05, 4.69) is 31.2 Å². The van der Waals surface area contributed by atoms with Crippen LogP contribution < -0.4 is 5.32 Å². The molecule has 1 aromatic heterocycles. The van der Waals surface area contributed by atoms with Crippen molar-refractivity contribution in [3.63, 3.8) is 0 Å². The smallest absolute Gasteiger partial charge is 0.224 e. The maximum Gasteiger partial charge on any atom is 0.224 e. The number of hydrogen-bond acceptors (Lipinski definition) is 2. The zero-order chi connectivity index (χ0) is 14.6. The molecule has 1 atom stereocenters. The largest absolute Gasteiger partial charge is 0.353 e. The number of nitrogens with one attached hydrogen (secondary N) is 1. The lowest BCUT2D eigenvalue weighted by molar-refractivity contribution is -0.121. The zero-order valence-corrected chi connectivity index (χ0v) is 13.1.